The van der Waals surface area contributed by atoms with Gasteiger partial charge in [-0.1, -0.05) is 48.6 Å². The second kappa shape index (κ2) is 7.82. The maximum Gasteiger partial charge on any atom is 0.126 e. The topological polar surface area (TPSA) is 40.5 Å². The minimum absolute atomic E-state index is 0.324. The van der Waals surface area contributed by atoms with E-state index >= 15 is 0 Å². The molecule has 0 saturated carbocycles. The monoisotopic (exact) mass is 348 g/mol. The van der Waals surface area contributed by atoms with Crippen molar-refractivity contribution in [3.05, 3.63) is 84.7 Å². The smallest absolute Gasteiger partial charge is 0.126 e. The average molecular weight is 348 g/mol. The van der Waals surface area contributed by atoms with Crippen molar-refractivity contribution in [3.63, 3.8) is 0 Å². The minimum atomic E-state index is -0.430. The van der Waals surface area contributed by atoms with E-state index in [9.17, 15) is 10.2 Å². The first kappa shape index (κ1) is 18.3. The average Bonchev–Trinajstić information content (AvgIpc) is 2.66. The standard InChI is InChI=1S/C24H28O2/c1-3-9-18-10-8-13-21(23(18)26)19-14-15-22(25)24(17-19,16-4-2)20-11-6-5-7-12-20/h3-6,8,10,13,15,17,20,25-26H,1-2,7,9,11-12,14,16H2. The second-order valence-electron chi connectivity index (χ2n) is 7.28. The lowest BCUT2D eigenvalue weighted by atomic mass is 9.64. The van der Waals surface area contributed by atoms with E-state index < -0.39 is 5.41 Å². The normalized spacial score (nSPS) is 25.3. The fraction of sp³-hybridized carbons (Fsp3) is 0.333. The molecule has 0 aromatic heterocycles. The maximum atomic E-state index is 10.8. The van der Waals surface area contributed by atoms with Crippen LogP contribution in [0.5, 0.6) is 5.75 Å². The first-order valence-electron chi connectivity index (χ1n) is 9.41. The number of aliphatic hydroxyl groups excluding tert-OH is 1. The zero-order chi connectivity index (χ0) is 18.6. The molecule has 1 aromatic carbocycles. The Morgan fingerprint density at radius 1 is 1.15 bits per heavy atom. The van der Waals surface area contributed by atoms with E-state index in [1.165, 1.54) is 0 Å². The van der Waals surface area contributed by atoms with Crippen molar-refractivity contribution in [2.24, 2.45) is 11.3 Å². The SMILES string of the molecule is C=CCc1cccc(C2=CC(CC=C)(C3CC=CCC3)C(O)=CC2)c1O. The van der Waals surface area contributed by atoms with E-state index in [4.69, 9.17) is 0 Å². The fourth-order valence-electron chi connectivity index (χ4n) is 4.36. The van der Waals surface area contributed by atoms with Gasteiger partial charge in [0.25, 0.3) is 0 Å². The van der Waals surface area contributed by atoms with Gasteiger partial charge in [-0.3, -0.25) is 0 Å². The molecule has 3 rings (SSSR count). The molecule has 0 amide bonds. The van der Waals surface area contributed by atoms with Crippen LogP contribution >= 0.6 is 0 Å². The summed E-state index contributed by atoms with van der Waals surface area (Å²) < 4.78 is 0. The molecule has 2 nitrogen and oxygen atoms in total. The number of allylic oxidation sites excluding steroid dienone is 7. The van der Waals surface area contributed by atoms with E-state index in [0.717, 1.165) is 36.0 Å². The molecule has 136 valence electrons. The number of rotatable bonds is 6. The predicted molar refractivity (Wildman–Crippen MR) is 109 cm³/mol. The molecule has 1 aromatic rings. The predicted octanol–water partition coefficient (Wildman–Crippen LogP) is 6.27. The molecule has 2 N–H and O–H groups in total. The van der Waals surface area contributed by atoms with Gasteiger partial charge in [-0.05, 0) is 61.7 Å². The molecule has 0 bridgehead atoms. The molecule has 2 atom stereocenters. The Morgan fingerprint density at radius 2 is 2.00 bits per heavy atom. The lowest BCUT2D eigenvalue weighted by molar-refractivity contribution is 0.173. The van der Waals surface area contributed by atoms with Crippen molar-refractivity contribution in [2.75, 3.05) is 0 Å². The third kappa shape index (κ3) is 3.29. The van der Waals surface area contributed by atoms with E-state index in [0.29, 0.717) is 36.7 Å². The zero-order valence-corrected chi connectivity index (χ0v) is 15.3. The first-order valence-corrected chi connectivity index (χ1v) is 9.41. The summed E-state index contributed by atoms with van der Waals surface area (Å²) >= 11 is 0. The molecule has 2 aliphatic rings. The van der Waals surface area contributed by atoms with Gasteiger partial charge in [0.05, 0.1) is 11.2 Å². The molecular formula is C24H28O2. The van der Waals surface area contributed by atoms with Crippen LogP contribution in [-0.4, -0.2) is 10.2 Å². The highest BCUT2D eigenvalue weighted by Gasteiger charge is 2.41. The van der Waals surface area contributed by atoms with Gasteiger partial charge in [-0.15, -0.1) is 13.2 Å². The van der Waals surface area contributed by atoms with Crippen LogP contribution in [0.25, 0.3) is 5.57 Å². The number of hydrogen-bond donors (Lipinski definition) is 2. The Morgan fingerprint density at radius 3 is 2.69 bits per heavy atom. The number of aromatic hydroxyl groups is 1. The highest BCUT2D eigenvalue weighted by atomic mass is 16.3. The van der Waals surface area contributed by atoms with Crippen LogP contribution in [0.1, 0.15) is 43.2 Å². The van der Waals surface area contributed by atoms with Gasteiger partial charge in [-0.2, -0.15) is 0 Å². The summed E-state index contributed by atoms with van der Waals surface area (Å²) in [6, 6.07) is 5.87. The number of benzene rings is 1. The third-order valence-corrected chi connectivity index (χ3v) is 5.73. The number of para-hydroxylation sites is 1. The number of aliphatic hydroxyl groups is 1. The van der Waals surface area contributed by atoms with Crippen molar-refractivity contribution in [1.29, 1.82) is 0 Å². The van der Waals surface area contributed by atoms with Crippen LogP contribution in [0, 0.1) is 11.3 Å². The molecule has 26 heavy (non-hydrogen) atoms. The molecule has 0 spiro atoms. The molecule has 0 aliphatic heterocycles. The van der Waals surface area contributed by atoms with Gasteiger partial charge in [0.1, 0.15) is 5.75 Å². The van der Waals surface area contributed by atoms with Crippen LogP contribution in [0.3, 0.4) is 0 Å². The van der Waals surface area contributed by atoms with Crippen LogP contribution in [0.15, 0.2) is 73.6 Å². The highest BCUT2D eigenvalue weighted by Crippen LogP contribution is 2.50. The van der Waals surface area contributed by atoms with Crippen molar-refractivity contribution in [3.8, 4) is 5.75 Å². The third-order valence-electron chi connectivity index (χ3n) is 5.73. The molecule has 0 heterocycles. The highest BCUT2D eigenvalue weighted by molar-refractivity contribution is 5.75. The summed E-state index contributed by atoms with van der Waals surface area (Å²) in [5.74, 6) is 1.11. The summed E-state index contributed by atoms with van der Waals surface area (Å²) in [6.45, 7) is 7.71. The number of hydrogen-bond acceptors (Lipinski definition) is 2. The van der Waals surface area contributed by atoms with Crippen molar-refractivity contribution in [1.82, 2.24) is 0 Å². The lowest BCUT2D eigenvalue weighted by Gasteiger charge is -2.41. The van der Waals surface area contributed by atoms with Crippen LogP contribution < -0.4 is 0 Å². The van der Waals surface area contributed by atoms with Crippen molar-refractivity contribution in [2.45, 2.75) is 38.5 Å². The Labute approximate surface area is 156 Å². The van der Waals surface area contributed by atoms with Gasteiger partial charge < -0.3 is 10.2 Å². The van der Waals surface area contributed by atoms with E-state index in [-0.39, 0.29) is 0 Å². The van der Waals surface area contributed by atoms with Crippen molar-refractivity contribution < 1.29 is 10.2 Å². The first-order chi connectivity index (χ1) is 12.6. The molecule has 0 fully saturated rings. The molecule has 0 radical (unpaired) electrons. The summed E-state index contributed by atoms with van der Waals surface area (Å²) in [7, 11) is 0. The maximum absolute atomic E-state index is 10.8. The lowest BCUT2D eigenvalue weighted by Crippen LogP contribution is -2.33. The number of phenols is 1. The van der Waals surface area contributed by atoms with Gasteiger partial charge in [0.2, 0.25) is 0 Å². The van der Waals surface area contributed by atoms with Crippen LogP contribution in [0.2, 0.25) is 0 Å². The Balaban J connectivity index is 2.07. The minimum Gasteiger partial charge on any atom is -0.512 e. The summed E-state index contributed by atoms with van der Waals surface area (Å²) in [5, 5.41) is 21.6. The largest absolute Gasteiger partial charge is 0.512 e. The number of phenolic OH excluding ortho intramolecular Hbond substituents is 1. The summed E-state index contributed by atoms with van der Waals surface area (Å²) in [4.78, 5) is 0. The van der Waals surface area contributed by atoms with Gasteiger partial charge in [0, 0.05) is 5.56 Å². The molecular weight excluding hydrogens is 320 g/mol. The van der Waals surface area contributed by atoms with Gasteiger partial charge in [-0.25, -0.2) is 0 Å². The van der Waals surface area contributed by atoms with E-state index in [1.54, 1.807) is 6.08 Å². The zero-order valence-electron chi connectivity index (χ0n) is 15.3. The Bertz CT molecular complexity index is 781. The quantitative estimate of drug-likeness (QED) is 0.595. The van der Waals surface area contributed by atoms with Crippen LogP contribution in [-0.2, 0) is 6.42 Å². The summed E-state index contributed by atoms with van der Waals surface area (Å²) in [5.41, 5.74) is 2.38. The van der Waals surface area contributed by atoms with E-state index in [1.807, 2.05) is 30.4 Å². The fourth-order valence-corrected chi connectivity index (χ4v) is 4.36. The molecule has 2 unspecified atom stereocenters. The van der Waals surface area contributed by atoms with E-state index in [2.05, 4.69) is 31.4 Å². The second-order valence-corrected chi connectivity index (χ2v) is 7.28. The molecule has 2 heteroatoms. The van der Waals surface area contributed by atoms with Crippen molar-refractivity contribution >= 4 is 5.57 Å². The summed E-state index contributed by atoms with van der Waals surface area (Å²) in [6.07, 6.45) is 17.3. The molecule has 2 aliphatic carbocycles. The molecule has 0 saturated heterocycles. The van der Waals surface area contributed by atoms with Gasteiger partial charge in [0.15, 0.2) is 0 Å². The van der Waals surface area contributed by atoms with Gasteiger partial charge >= 0.3 is 0 Å². The Kier molecular flexibility index (Phi) is 5.51. The van der Waals surface area contributed by atoms with Crippen LogP contribution in [0.4, 0.5) is 0 Å². The Hall–Kier alpha value is -2.48.